The van der Waals surface area contributed by atoms with Gasteiger partial charge in [0.2, 0.25) is 0 Å². The van der Waals surface area contributed by atoms with E-state index in [2.05, 4.69) is 59.3 Å². The number of piperidine rings is 1. The minimum absolute atomic E-state index is 0.0874. The van der Waals surface area contributed by atoms with Crippen molar-refractivity contribution in [3.05, 3.63) is 35.9 Å². The van der Waals surface area contributed by atoms with E-state index in [1.165, 1.54) is 31.5 Å². The van der Waals surface area contributed by atoms with Gasteiger partial charge >= 0.3 is 0 Å². The Morgan fingerprint density at radius 3 is 2.63 bits per heavy atom. The third-order valence-electron chi connectivity index (χ3n) is 7.21. The average molecular weight is 416 g/mol. The van der Waals surface area contributed by atoms with Crippen molar-refractivity contribution in [1.82, 2.24) is 15.1 Å². The first-order chi connectivity index (χ1) is 14.6. The Morgan fingerprint density at radius 2 is 1.87 bits per heavy atom. The molecule has 168 valence electrons. The molecule has 5 nitrogen and oxygen atoms in total. The van der Waals surface area contributed by atoms with Crippen molar-refractivity contribution in [1.29, 1.82) is 0 Å². The molecule has 3 saturated heterocycles. The second-order valence-electron chi connectivity index (χ2n) is 9.94. The van der Waals surface area contributed by atoms with E-state index < -0.39 is 0 Å². The van der Waals surface area contributed by atoms with Crippen molar-refractivity contribution in [2.24, 2.45) is 5.92 Å². The topological polar surface area (TPSA) is 37.0 Å². The van der Waals surface area contributed by atoms with Crippen LogP contribution in [-0.4, -0.2) is 80.0 Å². The summed E-state index contributed by atoms with van der Waals surface area (Å²) in [5.74, 6) is 0.796. The molecule has 0 bridgehead atoms. The molecule has 0 aliphatic carbocycles. The van der Waals surface area contributed by atoms with Gasteiger partial charge in [-0.2, -0.15) is 0 Å². The van der Waals surface area contributed by atoms with E-state index in [0.29, 0.717) is 12.1 Å². The normalized spacial score (nSPS) is 29.6. The summed E-state index contributed by atoms with van der Waals surface area (Å²) in [5.41, 5.74) is 1.34. The molecule has 1 spiro atoms. The van der Waals surface area contributed by atoms with Gasteiger partial charge in [0.1, 0.15) is 5.60 Å². The van der Waals surface area contributed by atoms with Gasteiger partial charge in [-0.1, -0.05) is 30.3 Å². The maximum Gasteiger partial charge on any atom is 0.105 e. The van der Waals surface area contributed by atoms with Crippen molar-refractivity contribution in [3.8, 4) is 0 Å². The lowest BCUT2D eigenvalue weighted by Crippen LogP contribution is -2.47. The summed E-state index contributed by atoms with van der Waals surface area (Å²) in [6, 6.07) is 11.4. The third kappa shape index (κ3) is 6.04. The third-order valence-corrected chi connectivity index (χ3v) is 7.21. The molecule has 0 unspecified atom stereocenters. The zero-order valence-corrected chi connectivity index (χ0v) is 19.0. The van der Waals surface area contributed by atoms with Crippen LogP contribution < -0.4 is 5.32 Å². The molecule has 3 fully saturated rings. The molecule has 1 aromatic rings. The van der Waals surface area contributed by atoms with Crippen LogP contribution in [0.2, 0.25) is 0 Å². The molecule has 3 aliphatic heterocycles. The number of nitrogens with one attached hydrogen (secondary N) is 1. The van der Waals surface area contributed by atoms with Gasteiger partial charge in [0.25, 0.3) is 0 Å². The molecule has 5 heteroatoms. The van der Waals surface area contributed by atoms with Crippen molar-refractivity contribution in [3.63, 3.8) is 0 Å². The van der Waals surface area contributed by atoms with E-state index in [-0.39, 0.29) is 5.60 Å². The number of hydrogen-bond donors (Lipinski definition) is 1. The number of likely N-dealkylation sites (tertiary alicyclic amines) is 1. The molecule has 1 aromatic carbocycles. The van der Waals surface area contributed by atoms with Gasteiger partial charge in [-0.3, -0.25) is 9.80 Å². The molecule has 1 N–H and O–H groups in total. The van der Waals surface area contributed by atoms with Gasteiger partial charge in [-0.05, 0) is 70.6 Å². The minimum atomic E-state index is -0.0874. The number of hydrogen-bond acceptors (Lipinski definition) is 5. The molecule has 4 rings (SSSR count). The van der Waals surface area contributed by atoms with Crippen LogP contribution in [0.15, 0.2) is 30.3 Å². The Morgan fingerprint density at radius 1 is 1.07 bits per heavy atom. The molecule has 0 radical (unpaired) electrons. The summed E-state index contributed by atoms with van der Waals surface area (Å²) in [5, 5.41) is 3.74. The highest BCUT2D eigenvalue weighted by Gasteiger charge is 2.43. The largest absolute Gasteiger partial charge is 0.377 e. The van der Waals surface area contributed by atoms with E-state index in [0.717, 1.165) is 64.7 Å². The second-order valence-corrected chi connectivity index (χ2v) is 9.94. The smallest absolute Gasteiger partial charge is 0.105 e. The minimum Gasteiger partial charge on any atom is -0.377 e. The molecule has 3 aliphatic rings. The van der Waals surface area contributed by atoms with Gasteiger partial charge < -0.3 is 14.8 Å². The lowest BCUT2D eigenvalue weighted by atomic mass is 9.96. The van der Waals surface area contributed by atoms with Crippen LogP contribution in [0.4, 0.5) is 0 Å². The Bertz CT molecular complexity index is 633. The van der Waals surface area contributed by atoms with Crippen molar-refractivity contribution >= 4 is 0 Å². The summed E-state index contributed by atoms with van der Waals surface area (Å²) >= 11 is 0. The standard InChI is InChI=1S/C25H41N3O2/c1-21(2)28-14-15-29-20-25(19-28)11-8-24(30-25)17-26-16-22-9-12-27(13-10-22)18-23-6-4-3-5-7-23/h3-7,21-22,24,26H,8-20H2,1-2H3/t24-,25-/m1/s1. The molecule has 2 atom stereocenters. The van der Waals surface area contributed by atoms with Crippen LogP contribution in [-0.2, 0) is 16.0 Å². The lowest BCUT2D eigenvalue weighted by molar-refractivity contribution is -0.0867. The van der Waals surface area contributed by atoms with Crippen molar-refractivity contribution in [2.75, 3.05) is 52.5 Å². The summed E-state index contributed by atoms with van der Waals surface area (Å²) in [7, 11) is 0. The van der Waals surface area contributed by atoms with E-state index >= 15 is 0 Å². The average Bonchev–Trinajstić information content (AvgIpc) is 3.02. The lowest BCUT2D eigenvalue weighted by Gasteiger charge is -2.34. The van der Waals surface area contributed by atoms with Crippen molar-refractivity contribution in [2.45, 2.75) is 63.8 Å². The summed E-state index contributed by atoms with van der Waals surface area (Å²) < 4.78 is 12.5. The second kappa shape index (κ2) is 10.6. The van der Waals surface area contributed by atoms with Gasteiger partial charge in [-0.15, -0.1) is 0 Å². The Kier molecular flexibility index (Phi) is 7.82. The fraction of sp³-hybridized carbons (Fsp3) is 0.760. The summed E-state index contributed by atoms with van der Waals surface area (Å²) in [6.45, 7) is 13.8. The van der Waals surface area contributed by atoms with Crippen molar-refractivity contribution < 1.29 is 9.47 Å². The zero-order valence-electron chi connectivity index (χ0n) is 19.0. The molecule has 0 aromatic heterocycles. The maximum atomic E-state index is 6.59. The predicted molar refractivity (Wildman–Crippen MR) is 122 cm³/mol. The first-order valence-corrected chi connectivity index (χ1v) is 12.1. The molecule has 30 heavy (non-hydrogen) atoms. The summed E-state index contributed by atoms with van der Waals surface area (Å²) in [6.07, 6.45) is 5.20. The van der Waals surface area contributed by atoms with E-state index in [4.69, 9.17) is 9.47 Å². The van der Waals surface area contributed by atoms with Crippen LogP contribution >= 0.6 is 0 Å². The number of nitrogens with zero attached hydrogens (tertiary/aromatic N) is 2. The SMILES string of the molecule is CC(C)N1CCOC[C@@]2(CC[C@H](CNCC3CCN(Cc4ccccc4)CC3)O2)C1. The fourth-order valence-corrected chi connectivity index (χ4v) is 5.28. The molecular formula is C25H41N3O2. The predicted octanol–water partition coefficient (Wildman–Crippen LogP) is 3.15. The zero-order chi connectivity index (χ0) is 20.8. The van der Waals surface area contributed by atoms with Crippen LogP contribution in [0.5, 0.6) is 0 Å². The first kappa shape index (κ1) is 22.2. The molecule has 0 saturated carbocycles. The molecular weight excluding hydrogens is 374 g/mol. The van der Waals surface area contributed by atoms with Gasteiger partial charge in [-0.25, -0.2) is 0 Å². The Balaban J connectivity index is 1.14. The highest BCUT2D eigenvalue weighted by molar-refractivity contribution is 5.14. The van der Waals surface area contributed by atoms with E-state index in [9.17, 15) is 0 Å². The fourth-order valence-electron chi connectivity index (χ4n) is 5.28. The first-order valence-electron chi connectivity index (χ1n) is 12.1. The van der Waals surface area contributed by atoms with Crippen LogP contribution in [0.25, 0.3) is 0 Å². The Labute approximate surface area is 183 Å². The highest BCUT2D eigenvalue weighted by Crippen LogP contribution is 2.33. The van der Waals surface area contributed by atoms with E-state index in [1.807, 2.05) is 0 Å². The highest BCUT2D eigenvalue weighted by atomic mass is 16.6. The van der Waals surface area contributed by atoms with Gasteiger partial charge in [0.15, 0.2) is 0 Å². The number of benzene rings is 1. The van der Waals surface area contributed by atoms with Crippen LogP contribution in [0.3, 0.4) is 0 Å². The molecule has 0 amide bonds. The van der Waals surface area contributed by atoms with Gasteiger partial charge in [0.05, 0.1) is 19.3 Å². The monoisotopic (exact) mass is 415 g/mol. The maximum absolute atomic E-state index is 6.59. The Hall–Kier alpha value is -0.980. The molecule has 3 heterocycles. The van der Waals surface area contributed by atoms with Crippen LogP contribution in [0.1, 0.15) is 45.1 Å². The summed E-state index contributed by atoms with van der Waals surface area (Å²) in [4.78, 5) is 5.12. The number of rotatable bonds is 7. The van der Waals surface area contributed by atoms with Gasteiger partial charge in [0, 0.05) is 32.2 Å². The number of ether oxygens (including phenoxy) is 2. The quantitative estimate of drug-likeness (QED) is 0.740. The van der Waals surface area contributed by atoms with Crippen LogP contribution in [0, 0.1) is 5.92 Å². The van der Waals surface area contributed by atoms with E-state index in [1.54, 1.807) is 0 Å².